The highest BCUT2D eigenvalue weighted by molar-refractivity contribution is 5.83. The summed E-state index contributed by atoms with van der Waals surface area (Å²) in [5, 5.41) is 6.53. The Morgan fingerprint density at radius 1 is 1.23 bits per heavy atom. The molecule has 0 saturated heterocycles. The lowest BCUT2D eigenvalue weighted by Crippen LogP contribution is -2.50. The highest BCUT2D eigenvalue weighted by Gasteiger charge is 2.37. The molecule has 0 bridgehead atoms. The minimum Gasteiger partial charge on any atom is -0.497 e. The van der Waals surface area contributed by atoms with E-state index in [0.29, 0.717) is 6.54 Å². The number of amides is 1. The molecule has 0 aliphatic heterocycles. The van der Waals surface area contributed by atoms with Crippen molar-refractivity contribution in [1.29, 1.82) is 0 Å². The van der Waals surface area contributed by atoms with Gasteiger partial charge in [-0.1, -0.05) is 38.3 Å². The molecule has 6 nitrogen and oxygen atoms in total. The molecule has 0 spiro atoms. The van der Waals surface area contributed by atoms with Gasteiger partial charge in [-0.25, -0.2) is 0 Å². The summed E-state index contributed by atoms with van der Waals surface area (Å²) >= 11 is 0. The van der Waals surface area contributed by atoms with Crippen LogP contribution in [-0.2, 0) is 20.9 Å². The van der Waals surface area contributed by atoms with Crippen LogP contribution in [0.2, 0.25) is 0 Å². The van der Waals surface area contributed by atoms with Crippen molar-refractivity contribution in [2.75, 3.05) is 7.11 Å². The summed E-state index contributed by atoms with van der Waals surface area (Å²) < 4.78 is 10.8. The van der Waals surface area contributed by atoms with Crippen LogP contribution in [-0.4, -0.2) is 36.7 Å². The Hall–Kier alpha value is -2.08. The summed E-state index contributed by atoms with van der Waals surface area (Å²) in [5.74, 6) is 0.292. The van der Waals surface area contributed by atoms with Gasteiger partial charge >= 0.3 is 5.97 Å². The number of carbonyl (C=O) groups is 2. The van der Waals surface area contributed by atoms with E-state index in [2.05, 4.69) is 17.6 Å². The van der Waals surface area contributed by atoms with Gasteiger partial charge in [0, 0.05) is 12.6 Å². The molecule has 0 radical (unpaired) electrons. The number of carbonyl (C=O) groups excluding carboxylic acids is 2. The van der Waals surface area contributed by atoms with Gasteiger partial charge in [-0.15, -0.1) is 0 Å². The van der Waals surface area contributed by atoms with Gasteiger partial charge in [-0.3, -0.25) is 9.59 Å². The van der Waals surface area contributed by atoms with Gasteiger partial charge in [0.2, 0.25) is 5.91 Å². The Morgan fingerprint density at radius 3 is 2.67 bits per heavy atom. The fraction of sp³-hybridized carbons (Fsp3) is 0.667. The number of nitrogens with one attached hydrogen (secondary N) is 2. The van der Waals surface area contributed by atoms with Gasteiger partial charge in [0.1, 0.15) is 11.4 Å². The Balaban J connectivity index is 1.98. The van der Waals surface area contributed by atoms with Gasteiger partial charge in [0.25, 0.3) is 0 Å². The molecule has 0 heterocycles. The van der Waals surface area contributed by atoms with Crippen molar-refractivity contribution in [2.45, 2.75) is 90.4 Å². The molecule has 1 aromatic carbocycles. The zero-order valence-electron chi connectivity index (χ0n) is 19.1. The predicted molar refractivity (Wildman–Crippen MR) is 118 cm³/mol. The summed E-state index contributed by atoms with van der Waals surface area (Å²) in [6, 6.07) is 7.38. The second-order valence-corrected chi connectivity index (χ2v) is 9.11. The monoisotopic (exact) mass is 418 g/mol. The van der Waals surface area contributed by atoms with E-state index in [1.54, 1.807) is 7.11 Å². The number of methoxy groups -OCH3 is 1. The van der Waals surface area contributed by atoms with E-state index < -0.39 is 5.60 Å². The molecule has 1 aliphatic rings. The average Bonchev–Trinajstić information content (AvgIpc) is 3.15. The molecule has 3 atom stereocenters. The molecule has 6 heteroatoms. The largest absolute Gasteiger partial charge is 0.497 e. The molecular formula is C24H38N2O4. The molecule has 0 aromatic heterocycles. The fourth-order valence-corrected chi connectivity index (χ4v) is 3.83. The van der Waals surface area contributed by atoms with Gasteiger partial charge < -0.3 is 20.1 Å². The summed E-state index contributed by atoms with van der Waals surface area (Å²) in [5.41, 5.74) is 0.548. The predicted octanol–water partition coefficient (Wildman–Crippen LogP) is 3.97. The number of esters is 1. The first kappa shape index (κ1) is 24.2. The van der Waals surface area contributed by atoms with Crippen LogP contribution in [0.5, 0.6) is 5.75 Å². The molecule has 1 aliphatic carbocycles. The third-order valence-corrected chi connectivity index (χ3v) is 5.40. The van der Waals surface area contributed by atoms with E-state index in [4.69, 9.17) is 9.47 Å². The van der Waals surface area contributed by atoms with E-state index in [-0.39, 0.29) is 29.9 Å². The third-order valence-electron chi connectivity index (χ3n) is 5.40. The maximum atomic E-state index is 13.1. The highest BCUT2D eigenvalue weighted by atomic mass is 16.6. The minimum absolute atomic E-state index is 0.0354. The van der Waals surface area contributed by atoms with E-state index in [1.165, 1.54) is 0 Å². The maximum Gasteiger partial charge on any atom is 0.311 e. The first-order chi connectivity index (χ1) is 14.2. The zero-order chi connectivity index (χ0) is 22.1. The Kier molecular flexibility index (Phi) is 9.15. The van der Waals surface area contributed by atoms with Gasteiger partial charge in [0.05, 0.1) is 19.1 Å². The lowest BCUT2D eigenvalue weighted by molar-refractivity contribution is -0.160. The van der Waals surface area contributed by atoms with Gasteiger partial charge in [-0.05, 0) is 57.7 Å². The van der Waals surface area contributed by atoms with Crippen molar-refractivity contribution in [2.24, 2.45) is 5.92 Å². The molecule has 168 valence electrons. The van der Waals surface area contributed by atoms with Crippen LogP contribution < -0.4 is 15.4 Å². The summed E-state index contributed by atoms with van der Waals surface area (Å²) in [6.45, 7) is 8.32. The number of ether oxygens (including phenoxy) is 2. The molecule has 1 aromatic rings. The lowest BCUT2D eigenvalue weighted by Gasteiger charge is -2.27. The van der Waals surface area contributed by atoms with Crippen LogP contribution in [0.25, 0.3) is 0 Å². The summed E-state index contributed by atoms with van der Waals surface area (Å²) in [4.78, 5) is 25.6. The first-order valence-corrected chi connectivity index (χ1v) is 11.1. The molecule has 30 heavy (non-hydrogen) atoms. The number of hydrogen-bond acceptors (Lipinski definition) is 5. The van der Waals surface area contributed by atoms with Crippen molar-refractivity contribution in [3.8, 4) is 5.75 Å². The molecular weight excluding hydrogens is 380 g/mol. The van der Waals surface area contributed by atoms with Crippen LogP contribution >= 0.6 is 0 Å². The maximum absolute atomic E-state index is 13.1. The summed E-state index contributed by atoms with van der Waals surface area (Å²) in [6.07, 6.45) is 5.24. The Labute approximate surface area is 181 Å². The number of benzene rings is 1. The van der Waals surface area contributed by atoms with Crippen LogP contribution in [0.1, 0.15) is 71.8 Å². The first-order valence-electron chi connectivity index (χ1n) is 11.1. The van der Waals surface area contributed by atoms with E-state index in [9.17, 15) is 9.59 Å². The molecule has 2 N–H and O–H groups in total. The SMILES string of the molecule is CCCC[C@H](NCc1cccc(OC)c1)C(=O)N[C@H]1CCC[C@H]1C(=O)OC(C)(C)C. The highest BCUT2D eigenvalue weighted by Crippen LogP contribution is 2.28. The Morgan fingerprint density at radius 2 is 2.00 bits per heavy atom. The molecule has 1 saturated carbocycles. The quantitative estimate of drug-likeness (QED) is 0.562. The number of unbranched alkanes of at least 4 members (excludes halogenated alkanes) is 1. The van der Waals surface area contributed by atoms with E-state index in [1.807, 2.05) is 45.0 Å². The fourth-order valence-electron chi connectivity index (χ4n) is 3.83. The second kappa shape index (κ2) is 11.3. The topological polar surface area (TPSA) is 76.7 Å². The van der Waals surface area contributed by atoms with Crippen molar-refractivity contribution >= 4 is 11.9 Å². The lowest BCUT2D eigenvalue weighted by atomic mass is 10.0. The second-order valence-electron chi connectivity index (χ2n) is 9.11. The number of hydrogen-bond donors (Lipinski definition) is 2. The van der Waals surface area contributed by atoms with Crippen molar-refractivity contribution in [1.82, 2.24) is 10.6 Å². The van der Waals surface area contributed by atoms with E-state index in [0.717, 1.165) is 49.8 Å². The normalized spacial score (nSPS) is 19.9. The smallest absolute Gasteiger partial charge is 0.311 e. The van der Waals surface area contributed by atoms with Gasteiger partial charge in [0.15, 0.2) is 0 Å². The molecule has 1 amide bonds. The van der Waals surface area contributed by atoms with Crippen LogP contribution in [0, 0.1) is 5.92 Å². The van der Waals surface area contributed by atoms with Crippen molar-refractivity contribution in [3.63, 3.8) is 0 Å². The summed E-state index contributed by atoms with van der Waals surface area (Å²) in [7, 11) is 1.65. The van der Waals surface area contributed by atoms with Crippen LogP contribution in [0.15, 0.2) is 24.3 Å². The van der Waals surface area contributed by atoms with Crippen LogP contribution in [0.3, 0.4) is 0 Å². The van der Waals surface area contributed by atoms with Gasteiger partial charge in [-0.2, -0.15) is 0 Å². The molecule has 1 fully saturated rings. The molecule has 0 unspecified atom stereocenters. The molecule has 2 rings (SSSR count). The van der Waals surface area contributed by atoms with Crippen molar-refractivity contribution < 1.29 is 19.1 Å². The standard InChI is InChI=1S/C24H38N2O4/c1-6-7-13-21(25-16-17-10-8-11-18(15-17)29-5)22(27)26-20-14-9-12-19(20)23(28)30-24(2,3)4/h8,10-11,15,19-21,25H,6-7,9,12-14,16H2,1-5H3,(H,26,27)/t19-,20+,21+/m1/s1. The zero-order valence-corrected chi connectivity index (χ0v) is 19.1. The van der Waals surface area contributed by atoms with Crippen molar-refractivity contribution in [3.05, 3.63) is 29.8 Å². The minimum atomic E-state index is -0.518. The average molecular weight is 419 g/mol. The third kappa shape index (κ3) is 7.63. The van der Waals surface area contributed by atoms with Crippen LogP contribution in [0.4, 0.5) is 0 Å². The van der Waals surface area contributed by atoms with E-state index >= 15 is 0 Å². The number of rotatable bonds is 10. The Bertz CT molecular complexity index is 699.